The Hall–Kier alpha value is -1.03. The molecule has 0 bridgehead atoms. The van der Waals surface area contributed by atoms with Gasteiger partial charge in [0.25, 0.3) is 5.91 Å². The number of rotatable bonds is 6. The lowest BCUT2D eigenvalue weighted by atomic mass is 10.1. The van der Waals surface area contributed by atoms with E-state index in [4.69, 9.17) is 11.6 Å². The highest BCUT2D eigenvalue weighted by molar-refractivity contribution is 6.18. The van der Waals surface area contributed by atoms with E-state index in [2.05, 4.69) is 24.0 Å². The van der Waals surface area contributed by atoms with Crippen molar-refractivity contribution in [2.24, 2.45) is 0 Å². The van der Waals surface area contributed by atoms with Crippen LogP contribution in [0.25, 0.3) is 0 Å². The van der Waals surface area contributed by atoms with Crippen molar-refractivity contribution in [3.05, 3.63) is 18.0 Å². The Labute approximate surface area is 101 Å². The number of hydrogen-bond acceptors (Lipinski definition) is 2. The summed E-state index contributed by atoms with van der Waals surface area (Å²) in [6.45, 7) is 4.73. The molecule has 0 aliphatic carbocycles. The van der Waals surface area contributed by atoms with Crippen LogP contribution in [0.2, 0.25) is 0 Å². The second kappa shape index (κ2) is 6.53. The standard InChI is InChI=1S/C11H18ClN3O/c1-3-9(4-2)15(8-6-12)11(16)10-5-7-13-14-10/h5,7,9H,3-4,6,8H2,1-2H3,(H,13,14). The molecule has 4 nitrogen and oxygen atoms in total. The number of aromatic amines is 1. The summed E-state index contributed by atoms with van der Waals surface area (Å²) in [5, 5.41) is 6.49. The zero-order chi connectivity index (χ0) is 12.0. The Morgan fingerprint density at radius 1 is 1.56 bits per heavy atom. The molecule has 1 aromatic rings. The third kappa shape index (κ3) is 2.98. The normalized spacial score (nSPS) is 10.8. The van der Waals surface area contributed by atoms with Crippen LogP contribution in [0.1, 0.15) is 37.2 Å². The van der Waals surface area contributed by atoms with E-state index >= 15 is 0 Å². The largest absolute Gasteiger partial charge is 0.333 e. The fourth-order valence-electron chi connectivity index (χ4n) is 1.80. The lowest BCUT2D eigenvalue weighted by molar-refractivity contribution is 0.0675. The van der Waals surface area contributed by atoms with E-state index < -0.39 is 0 Å². The van der Waals surface area contributed by atoms with Gasteiger partial charge in [-0.05, 0) is 18.9 Å². The predicted molar refractivity (Wildman–Crippen MR) is 64.7 cm³/mol. The maximum Gasteiger partial charge on any atom is 0.272 e. The monoisotopic (exact) mass is 243 g/mol. The number of H-pyrrole nitrogens is 1. The first-order valence-corrected chi connectivity index (χ1v) is 6.14. The first-order valence-electron chi connectivity index (χ1n) is 5.60. The van der Waals surface area contributed by atoms with Crippen molar-refractivity contribution >= 4 is 17.5 Å². The summed E-state index contributed by atoms with van der Waals surface area (Å²) in [5.41, 5.74) is 0.525. The summed E-state index contributed by atoms with van der Waals surface area (Å²) in [5.74, 6) is 0.433. The van der Waals surface area contributed by atoms with Gasteiger partial charge in [0.15, 0.2) is 0 Å². The zero-order valence-electron chi connectivity index (χ0n) is 9.74. The summed E-state index contributed by atoms with van der Waals surface area (Å²) in [7, 11) is 0. The van der Waals surface area contributed by atoms with E-state index in [1.54, 1.807) is 12.3 Å². The zero-order valence-corrected chi connectivity index (χ0v) is 10.5. The number of nitrogens with one attached hydrogen (secondary N) is 1. The molecule has 16 heavy (non-hydrogen) atoms. The Morgan fingerprint density at radius 2 is 2.25 bits per heavy atom. The molecule has 0 radical (unpaired) electrons. The maximum absolute atomic E-state index is 12.2. The van der Waals surface area contributed by atoms with E-state index in [0.717, 1.165) is 12.8 Å². The van der Waals surface area contributed by atoms with Gasteiger partial charge in [0.2, 0.25) is 0 Å². The highest BCUT2D eigenvalue weighted by Gasteiger charge is 2.22. The molecule has 1 heterocycles. The first-order chi connectivity index (χ1) is 7.74. The summed E-state index contributed by atoms with van der Waals surface area (Å²) in [6, 6.07) is 1.93. The molecule has 90 valence electrons. The molecule has 0 spiro atoms. The van der Waals surface area contributed by atoms with Crippen molar-refractivity contribution < 1.29 is 4.79 Å². The van der Waals surface area contributed by atoms with Crippen LogP contribution in [0.4, 0.5) is 0 Å². The van der Waals surface area contributed by atoms with E-state index in [1.807, 2.05) is 4.90 Å². The van der Waals surface area contributed by atoms with Crippen LogP contribution < -0.4 is 0 Å². The molecule has 0 saturated carbocycles. The number of carbonyl (C=O) groups is 1. The van der Waals surface area contributed by atoms with Crippen LogP contribution in [-0.4, -0.2) is 39.5 Å². The number of alkyl halides is 1. The first kappa shape index (κ1) is 13.0. The minimum absolute atomic E-state index is 0.0214. The highest BCUT2D eigenvalue weighted by Crippen LogP contribution is 2.12. The Kier molecular flexibility index (Phi) is 5.32. The van der Waals surface area contributed by atoms with E-state index in [0.29, 0.717) is 18.1 Å². The van der Waals surface area contributed by atoms with Crippen LogP contribution in [0.3, 0.4) is 0 Å². The summed E-state index contributed by atoms with van der Waals surface area (Å²) in [4.78, 5) is 14.0. The molecule has 5 heteroatoms. The van der Waals surface area contributed by atoms with Crippen LogP contribution in [0, 0.1) is 0 Å². The van der Waals surface area contributed by atoms with Crippen molar-refractivity contribution in [3.63, 3.8) is 0 Å². The molecular formula is C11H18ClN3O. The molecular weight excluding hydrogens is 226 g/mol. The van der Waals surface area contributed by atoms with Crippen molar-refractivity contribution in [1.29, 1.82) is 0 Å². The van der Waals surface area contributed by atoms with Gasteiger partial charge in [0, 0.05) is 24.7 Å². The van der Waals surface area contributed by atoms with Gasteiger partial charge in [-0.3, -0.25) is 9.89 Å². The third-order valence-corrected chi connectivity index (χ3v) is 2.87. The second-order valence-corrected chi connectivity index (χ2v) is 4.01. The molecule has 1 N–H and O–H groups in total. The Morgan fingerprint density at radius 3 is 2.69 bits per heavy atom. The highest BCUT2D eigenvalue weighted by atomic mass is 35.5. The number of amides is 1. The van der Waals surface area contributed by atoms with Crippen LogP contribution in [0.5, 0.6) is 0 Å². The van der Waals surface area contributed by atoms with E-state index in [1.165, 1.54) is 0 Å². The van der Waals surface area contributed by atoms with Gasteiger partial charge in [-0.15, -0.1) is 11.6 Å². The molecule has 1 amide bonds. The van der Waals surface area contributed by atoms with Gasteiger partial charge < -0.3 is 4.90 Å². The molecule has 0 fully saturated rings. The molecule has 0 aliphatic rings. The molecule has 1 aromatic heterocycles. The van der Waals surface area contributed by atoms with E-state index in [-0.39, 0.29) is 11.9 Å². The van der Waals surface area contributed by atoms with Crippen molar-refractivity contribution in [3.8, 4) is 0 Å². The summed E-state index contributed by atoms with van der Waals surface area (Å²) >= 11 is 5.74. The minimum atomic E-state index is -0.0214. The molecule has 0 saturated heterocycles. The molecule has 0 unspecified atom stereocenters. The van der Waals surface area contributed by atoms with Crippen LogP contribution in [0.15, 0.2) is 12.3 Å². The number of carbonyl (C=O) groups excluding carboxylic acids is 1. The van der Waals surface area contributed by atoms with Gasteiger partial charge >= 0.3 is 0 Å². The van der Waals surface area contributed by atoms with Gasteiger partial charge in [0.1, 0.15) is 5.69 Å². The van der Waals surface area contributed by atoms with Crippen molar-refractivity contribution in [2.45, 2.75) is 32.7 Å². The fraction of sp³-hybridized carbons (Fsp3) is 0.636. The average Bonchev–Trinajstić information content (AvgIpc) is 2.82. The van der Waals surface area contributed by atoms with Gasteiger partial charge in [-0.2, -0.15) is 5.10 Å². The van der Waals surface area contributed by atoms with Crippen LogP contribution in [-0.2, 0) is 0 Å². The quantitative estimate of drug-likeness (QED) is 0.780. The van der Waals surface area contributed by atoms with E-state index in [9.17, 15) is 4.79 Å². The van der Waals surface area contributed by atoms with Crippen molar-refractivity contribution in [1.82, 2.24) is 15.1 Å². The average molecular weight is 244 g/mol. The van der Waals surface area contributed by atoms with Gasteiger partial charge in [-0.1, -0.05) is 13.8 Å². The van der Waals surface area contributed by atoms with Crippen molar-refractivity contribution in [2.75, 3.05) is 12.4 Å². The molecule has 0 aliphatic heterocycles. The maximum atomic E-state index is 12.2. The van der Waals surface area contributed by atoms with Crippen LogP contribution >= 0.6 is 11.6 Å². The fourth-order valence-corrected chi connectivity index (χ4v) is 1.98. The third-order valence-electron chi connectivity index (χ3n) is 2.70. The predicted octanol–water partition coefficient (Wildman–Crippen LogP) is 2.28. The lowest BCUT2D eigenvalue weighted by Crippen LogP contribution is -2.41. The molecule has 0 atom stereocenters. The molecule has 1 rings (SSSR count). The second-order valence-electron chi connectivity index (χ2n) is 3.63. The number of nitrogens with zero attached hydrogens (tertiary/aromatic N) is 2. The summed E-state index contributed by atoms with van der Waals surface area (Å²) < 4.78 is 0. The topological polar surface area (TPSA) is 49.0 Å². The Balaban J connectivity index is 2.80. The number of aromatic nitrogens is 2. The van der Waals surface area contributed by atoms with Gasteiger partial charge in [-0.25, -0.2) is 0 Å². The smallest absolute Gasteiger partial charge is 0.272 e. The number of hydrogen-bond donors (Lipinski definition) is 1. The SMILES string of the molecule is CCC(CC)N(CCCl)C(=O)c1ccn[nH]1. The molecule has 0 aromatic carbocycles. The Bertz CT molecular complexity index is 309. The lowest BCUT2D eigenvalue weighted by Gasteiger charge is -2.29. The van der Waals surface area contributed by atoms with Gasteiger partial charge in [0.05, 0.1) is 0 Å². The summed E-state index contributed by atoms with van der Waals surface area (Å²) in [6.07, 6.45) is 3.46. The minimum Gasteiger partial charge on any atom is -0.333 e. The number of halogens is 1.